The van der Waals surface area contributed by atoms with Crippen LogP contribution in [0.5, 0.6) is 0 Å². The number of halogens is 2. The Bertz CT molecular complexity index is 1340. The van der Waals surface area contributed by atoms with Crippen LogP contribution in [0.1, 0.15) is 47.4 Å². The summed E-state index contributed by atoms with van der Waals surface area (Å²) in [6, 6.07) is 16.5. The van der Waals surface area contributed by atoms with E-state index in [2.05, 4.69) is 16.0 Å². The van der Waals surface area contributed by atoms with Gasteiger partial charge in [0.1, 0.15) is 0 Å². The Morgan fingerprint density at radius 1 is 1.00 bits per heavy atom. The molecule has 0 aliphatic carbocycles. The Hall–Kier alpha value is -2.58. The molecule has 2 atom stereocenters. The van der Waals surface area contributed by atoms with Gasteiger partial charge in [-0.15, -0.1) is 0 Å². The summed E-state index contributed by atoms with van der Waals surface area (Å²) in [5.74, 6) is 0. The van der Waals surface area contributed by atoms with Crippen molar-refractivity contribution in [3.8, 4) is 0 Å². The van der Waals surface area contributed by atoms with E-state index in [-0.39, 0.29) is 10.9 Å². The van der Waals surface area contributed by atoms with Gasteiger partial charge < -0.3 is 16.0 Å². The van der Waals surface area contributed by atoms with Gasteiger partial charge in [0.25, 0.3) is 0 Å². The number of urea groups is 1. The van der Waals surface area contributed by atoms with Crippen LogP contribution >= 0.6 is 23.2 Å². The summed E-state index contributed by atoms with van der Waals surface area (Å²) in [7, 11) is -3.60. The second-order valence-electron chi connectivity index (χ2n) is 8.63. The van der Waals surface area contributed by atoms with E-state index < -0.39 is 21.1 Å². The van der Waals surface area contributed by atoms with E-state index in [1.54, 1.807) is 44.2 Å². The SMILES string of the molecule is C[C@H](NC(=O)Nc1ccc(S(=O)(=O)[C@H](C)c2ccc3c(c2)CCNC3)cc1)c1cccc(Cl)c1Cl. The van der Waals surface area contributed by atoms with Gasteiger partial charge in [-0.05, 0) is 79.4 Å². The molecule has 4 rings (SSSR count). The molecule has 3 aromatic rings. The van der Waals surface area contributed by atoms with Gasteiger partial charge in [0, 0.05) is 12.2 Å². The topological polar surface area (TPSA) is 87.3 Å². The lowest BCUT2D eigenvalue weighted by Gasteiger charge is -2.20. The number of sulfone groups is 1. The lowest BCUT2D eigenvalue weighted by atomic mass is 9.97. The van der Waals surface area contributed by atoms with Gasteiger partial charge >= 0.3 is 6.03 Å². The molecule has 184 valence electrons. The fourth-order valence-corrected chi connectivity index (χ4v) is 6.06. The number of anilines is 1. The van der Waals surface area contributed by atoms with Crippen molar-refractivity contribution in [1.82, 2.24) is 10.6 Å². The quantitative estimate of drug-likeness (QED) is 0.360. The van der Waals surface area contributed by atoms with Crippen molar-refractivity contribution >= 4 is 44.8 Å². The monoisotopic (exact) mass is 531 g/mol. The average molecular weight is 532 g/mol. The van der Waals surface area contributed by atoms with Crippen molar-refractivity contribution in [2.45, 2.75) is 43.0 Å². The summed E-state index contributed by atoms with van der Waals surface area (Å²) in [4.78, 5) is 12.7. The van der Waals surface area contributed by atoms with Crippen LogP contribution in [-0.2, 0) is 22.8 Å². The highest BCUT2D eigenvalue weighted by Gasteiger charge is 2.26. The molecule has 2 amide bonds. The first-order chi connectivity index (χ1) is 16.7. The first-order valence-corrected chi connectivity index (χ1v) is 13.6. The van der Waals surface area contributed by atoms with Crippen molar-refractivity contribution in [2.24, 2.45) is 0 Å². The van der Waals surface area contributed by atoms with E-state index in [0.717, 1.165) is 25.1 Å². The van der Waals surface area contributed by atoms with Crippen LogP contribution in [0.3, 0.4) is 0 Å². The van der Waals surface area contributed by atoms with Gasteiger partial charge in [0.05, 0.1) is 26.2 Å². The molecule has 0 saturated heterocycles. The third-order valence-electron chi connectivity index (χ3n) is 6.29. The number of carbonyl (C=O) groups excluding carboxylic acids is 1. The van der Waals surface area contributed by atoms with E-state index in [9.17, 15) is 13.2 Å². The number of hydrogen-bond acceptors (Lipinski definition) is 4. The molecule has 9 heteroatoms. The normalized spacial score (nSPS) is 15.1. The predicted molar refractivity (Wildman–Crippen MR) is 141 cm³/mol. The number of benzene rings is 3. The Kier molecular flexibility index (Phi) is 7.71. The molecule has 0 saturated carbocycles. The zero-order valence-electron chi connectivity index (χ0n) is 19.4. The Morgan fingerprint density at radius 3 is 2.49 bits per heavy atom. The van der Waals surface area contributed by atoms with Crippen LogP contribution in [0.15, 0.2) is 65.6 Å². The van der Waals surface area contributed by atoms with Gasteiger partial charge in [0.15, 0.2) is 9.84 Å². The number of hydrogen-bond donors (Lipinski definition) is 3. The van der Waals surface area contributed by atoms with Gasteiger partial charge in [-0.3, -0.25) is 0 Å². The minimum atomic E-state index is -3.60. The molecule has 0 fully saturated rings. The molecule has 0 spiro atoms. The number of amides is 2. The molecule has 6 nitrogen and oxygen atoms in total. The lowest BCUT2D eigenvalue weighted by molar-refractivity contribution is 0.249. The zero-order chi connectivity index (χ0) is 25.2. The van der Waals surface area contributed by atoms with Crippen molar-refractivity contribution < 1.29 is 13.2 Å². The Balaban J connectivity index is 1.43. The second kappa shape index (κ2) is 10.6. The number of nitrogens with one attached hydrogen (secondary N) is 3. The molecule has 3 N–H and O–H groups in total. The molecule has 0 unspecified atom stereocenters. The molecule has 0 bridgehead atoms. The molecule has 1 aliphatic rings. The standard InChI is InChI=1S/C26H27Cl2N3O3S/c1-16(23-4-3-5-24(27)25(23)28)30-26(32)31-21-8-10-22(11-9-21)35(33,34)17(2)18-6-7-20-15-29-13-12-19(20)14-18/h3-11,14,16-17,29H,12-13,15H2,1-2H3,(H2,30,31,32)/t16-,17+/m0/s1. The fraction of sp³-hybridized carbons (Fsp3) is 0.269. The summed E-state index contributed by atoms with van der Waals surface area (Å²) in [6.45, 7) is 5.21. The summed E-state index contributed by atoms with van der Waals surface area (Å²) in [5.41, 5.74) is 4.36. The largest absolute Gasteiger partial charge is 0.331 e. The van der Waals surface area contributed by atoms with E-state index >= 15 is 0 Å². The number of carbonyl (C=O) groups is 1. The summed E-state index contributed by atoms with van der Waals surface area (Å²) in [5, 5.41) is 8.97. The van der Waals surface area contributed by atoms with E-state index in [4.69, 9.17) is 23.2 Å². The number of fused-ring (bicyclic) bond motifs is 1. The molecule has 0 aromatic heterocycles. The highest BCUT2D eigenvalue weighted by molar-refractivity contribution is 7.91. The van der Waals surface area contributed by atoms with Gasteiger partial charge in [-0.25, -0.2) is 13.2 Å². The zero-order valence-corrected chi connectivity index (χ0v) is 21.8. The third kappa shape index (κ3) is 5.64. The third-order valence-corrected chi connectivity index (χ3v) is 9.25. The van der Waals surface area contributed by atoms with Crippen LogP contribution in [-0.4, -0.2) is 21.0 Å². The Morgan fingerprint density at radius 2 is 1.74 bits per heavy atom. The smallest absolute Gasteiger partial charge is 0.319 e. The molecule has 3 aromatic carbocycles. The van der Waals surface area contributed by atoms with Crippen LogP contribution in [0.25, 0.3) is 0 Å². The molecule has 0 radical (unpaired) electrons. The fourth-order valence-electron chi connectivity index (χ4n) is 4.16. The maximum Gasteiger partial charge on any atom is 0.319 e. The minimum absolute atomic E-state index is 0.203. The van der Waals surface area contributed by atoms with Crippen LogP contribution in [0.4, 0.5) is 10.5 Å². The van der Waals surface area contributed by atoms with E-state index in [1.807, 2.05) is 18.2 Å². The summed E-state index contributed by atoms with van der Waals surface area (Å²) < 4.78 is 26.5. The van der Waals surface area contributed by atoms with Gasteiger partial charge in [-0.1, -0.05) is 53.5 Å². The van der Waals surface area contributed by atoms with Gasteiger partial charge in [0.2, 0.25) is 0 Å². The number of rotatable bonds is 6. The second-order valence-corrected chi connectivity index (χ2v) is 11.7. The molecular weight excluding hydrogens is 505 g/mol. The molecule has 1 aliphatic heterocycles. The average Bonchev–Trinajstić information content (AvgIpc) is 2.85. The van der Waals surface area contributed by atoms with Crippen molar-refractivity contribution in [2.75, 3.05) is 11.9 Å². The van der Waals surface area contributed by atoms with Crippen molar-refractivity contribution in [1.29, 1.82) is 0 Å². The first kappa shape index (κ1) is 25.5. The van der Waals surface area contributed by atoms with Crippen LogP contribution in [0, 0.1) is 0 Å². The maximum atomic E-state index is 13.3. The van der Waals surface area contributed by atoms with Crippen LogP contribution < -0.4 is 16.0 Å². The van der Waals surface area contributed by atoms with E-state index in [0.29, 0.717) is 21.3 Å². The first-order valence-electron chi connectivity index (χ1n) is 11.3. The highest BCUT2D eigenvalue weighted by Crippen LogP contribution is 2.32. The molecular formula is C26H27Cl2N3O3S. The molecule has 1 heterocycles. The van der Waals surface area contributed by atoms with Crippen LogP contribution in [0.2, 0.25) is 10.0 Å². The molecule has 35 heavy (non-hydrogen) atoms. The highest BCUT2D eigenvalue weighted by atomic mass is 35.5. The predicted octanol–water partition coefficient (Wildman–Crippen LogP) is 6.06. The Labute approximate surface area is 216 Å². The van der Waals surface area contributed by atoms with Crippen molar-refractivity contribution in [3.63, 3.8) is 0 Å². The lowest BCUT2D eigenvalue weighted by Crippen LogP contribution is -2.31. The minimum Gasteiger partial charge on any atom is -0.331 e. The maximum absolute atomic E-state index is 13.3. The van der Waals surface area contributed by atoms with E-state index in [1.165, 1.54) is 23.3 Å². The van der Waals surface area contributed by atoms with Gasteiger partial charge in [-0.2, -0.15) is 0 Å². The summed E-state index contributed by atoms with van der Waals surface area (Å²) in [6.07, 6.45) is 0.889. The van der Waals surface area contributed by atoms with Crippen molar-refractivity contribution in [3.05, 3.63) is 93.0 Å². The summed E-state index contributed by atoms with van der Waals surface area (Å²) >= 11 is 12.3.